The lowest BCUT2D eigenvalue weighted by molar-refractivity contribution is 0.101. The monoisotopic (exact) mass is 279 g/mol. The van der Waals surface area contributed by atoms with E-state index in [1.807, 2.05) is 0 Å². The van der Waals surface area contributed by atoms with E-state index < -0.39 is 5.91 Å². The number of thiazole rings is 1. The number of hydrogen-bond acceptors (Lipinski definition) is 6. The molecule has 0 aliphatic carbocycles. The first kappa shape index (κ1) is 13.2. The zero-order chi connectivity index (χ0) is 14.2. The van der Waals surface area contributed by atoms with Gasteiger partial charge in [-0.3, -0.25) is 19.6 Å². The molecule has 0 bridgehead atoms. The molecule has 0 aliphatic heterocycles. The van der Waals surface area contributed by atoms with Gasteiger partial charge in [-0.1, -0.05) is 11.3 Å². The van der Waals surface area contributed by atoms with Crippen molar-refractivity contribution in [2.75, 3.05) is 11.1 Å². The van der Waals surface area contributed by atoms with Gasteiger partial charge in [0.15, 0.2) is 10.9 Å². The lowest BCUT2D eigenvalue weighted by atomic mass is 10.3. The smallest absolute Gasteiger partial charge is 0.262 e. The summed E-state index contributed by atoms with van der Waals surface area (Å²) in [5.74, 6) is -0.191. The molecule has 0 aliphatic rings. The van der Waals surface area contributed by atoms with Crippen molar-refractivity contribution in [1.82, 2.24) is 14.8 Å². The highest BCUT2D eigenvalue weighted by atomic mass is 32.1. The lowest BCUT2D eigenvalue weighted by Gasteiger charge is -2.00. The van der Waals surface area contributed by atoms with Gasteiger partial charge >= 0.3 is 0 Å². The number of ketones is 1. The number of hydrogen-bond donors (Lipinski definition) is 2. The third-order valence-electron chi connectivity index (χ3n) is 2.57. The molecule has 19 heavy (non-hydrogen) atoms. The summed E-state index contributed by atoms with van der Waals surface area (Å²) in [6.07, 6.45) is 1.39. The van der Waals surface area contributed by atoms with Crippen molar-refractivity contribution in [1.29, 1.82) is 0 Å². The molecule has 0 spiro atoms. The van der Waals surface area contributed by atoms with Gasteiger partial charge in [-0.25, -0.2) is 4.98 Å². The molecule has 3 N–H and O–H groups in total. The van der Waals surface area contributed by atoms with E-state index in [0.29, 0.717) is 15.7 Å². The van der Waals surface area contributed by atoms with E-state index in [1.54, 1.807) is 14.0 Å². The number of carbonyl (C=O) groups excluding carboxylic acids is 2. The molecule has 0 aromatic carbocycles. The van der Waals surface area contributed by atoms with Gasteiger partial charge in [-0.05, 0) is 6.92 Å². The summed E-state index contributed by atoms with van der Waals surface area (Å²) >= 11 is 1.14. The maximum absolute atomic E-state index is 12.0. The van der Waals surface area contributed by atoms with Crippen LogP contribution in [0, 0.1) is 6.92 Å². The van der Waals surface area contributed by atoms with Crippen molar-refractivity contribution in [2.24, 2.45) is 7.05 Å². The maximum atomic E-state index is 12.0. The SMILES string of the molecule is CC(=O)c1sc(NC(=O)c2cnn(C)c2N)nc1C. The van der Waals surface area contributed by atoms with E-state index in [1.165, 1.54) is 17.8 Å². The van der Waals surface area contributed by atoms with Crippen LogP contribution in [0.3, 0.4) is 0 Å². The summed E-state index contributed by atoms with van der Waals surface area (Å²) in [5, 5.41) is 6.87. The topological polar surface area (TPSA) is 103 Å². The lowest BCUT2D eigenvalue weighted by Crippen LogP contribution is -2.13. The van der Waals surface area contributed by atoms with Crippen molar-refractivity contribution in [3.8, 4) is 0 Å². The summed E-state index contributed by atoms with van der Waals surface area (Å²) in [7, 11) is 1.65. The molecule has 0 fully saturated rings. The fourth-order valence-electron chi connectivity index (χ4n) is 1.56. The van der Waals surface area contributed by atoms with E-state index in [9.17, 15) is 9.59 Å². The van der Waals surface area contributed by atoms with Gasteiger partial charge in [0.05, 0.1) is 16.8 Å². The minimum atomic E-state index is -0.394. The Morgan fingerprint density at radius 3 is 2.63 bits per heavy atom. The van der Waals surface area contributed by atoms with Gasteiger partial charge in [0.1, 0.15) is 11.4 Å². The Morgan fingerprint density at radius 2 is 2.16 bits per heavy atom. The molecule has 7 nitrogen and oxygen atoms in total. The molecular weight excluding hydrogens is 266 g/mol. The molecule has 2 aromatic heterocycles. The van der Waals surface area contributed by atoms with Crippen LogP contribution in [0.4, 0.5) is 10.9 Å². The number of amides is 1. The van der Waals surface area contributed by atoms with Gasteiger partial charge in [-0.15, -0.1) is 0 Å². The van der Waals surface area contributed by atoms with Crippen molar-refractivity contribution < 1.29 is 9.59 Å². The number of nitrogens with one attached hydrogen (secondary N) is 1. The average Bonchev–Trinajstić information content (AvgIpc) is 2.84. The molecule has 0 radical (unpaired) electrons. The highest BCUT2D eigenvalue weighted by Crippen LogP contribution is 2.23. The predicted octanol–water partition coefficient (Wildman–Crippen LogP) is 1.22. The fraction of sp³-hybridized carbons (Fsp3) is 0.273. The highest BCUT2D eigenvalue weighted by molar-refractivity contribution is 7.17. The molecule has 2 heterocycles. The zero-order valence-corrected chi connectivity index (χ0v) is 11.5. The van der Waals surface area contributed by atoms with Crippen LogP contribution >= 0.6 is 11.3 Å². The molecule has 0 saturated carbocycles. The molecule has 8 heteroatoms. The quantitative estimate of drug-likeness (QED) is 0.822. The van der Waals surface area contributed by atoms with Crippen LogP contribution < -0.4 is 11.1 Å². The third kappa shape index (κ3) is 2.48. The average molecular weight is 279 g/mol. The first-order valence-electron chi connectivity index (χ1n) is 5.47. The van der Waals surface area contributed by atoms with E-state index in [0.717, 1.165) is 11.3 Å². The van der Waals surface area contributed by atoms with E-state index >= 15 is 0 Å². The van der Waals surface area contributed by atoms with Crippen molar-refractivity contribution >= 4 is 34.0 Å². The van der Waals surface area contributed by atoms with E-state index in [2.05, 4.69) is 15.4 Å². The van der Waals surface area contributed by atoms with Gasteiger partial charge < -0.3 is 5.73 Å². The van der Waals surface area contributed by atoms with Crippen LogP contribution in [0.5, 0.6) is 0 Å². The number of Topliss-reactive ketones (excluding diaryl/α,β-unsaturated/α-hetero) is 1. The van der Waals surface area contributed by atoms with Crippen molar-refractivity contribution in [3.63, 3.8) is 0 Å². The van der Waals surface area contributed by atoms with Gasteiger partial charge in [-0.2, -0.15) is 5.10 Å². The number of rotatable bonds is 3. The number of carbonyl (C=O) groups is 2. The summed E-state index contributed by atoms with van der Waals surface area (Å²) < 4.78 is 1.41. The highest BCUT2D eigenvalue weighted by Gasteiger charge is 2.17. The van der Waals surface area contributed by atoms with E-state index in [-0.39, 0.29) is 17.2 Å². The first-order chi connectivity index (χ1) is 8.90. The number of nitrogens with two attached hydrogens (primary N) is 1. The van der Waals surface area contributed by atoms with Crippen LogP contribution in [0.1, 0.15) is 32.6 Å². The Hall–Kier alpha value is -2.22. The number of anilines is 2. The van der Waals surface area contributed by atoms with Crippen LogP contribution in [0.2, 0.25) is 0 Å². The minimum Gasteiger partial charge on any atom is -0.383 e. The standard InChI is InChI=1S/C11H13N5O2S/c1-5-8(6(2)17)19-11(14-5)15-10(18)7-4-13-16(3)9(7)12/h4H,12H2,1-3H3,(H,14,15,18). The molecule has 0 unspecified atom stereocenters. The zero-order valence-electron chi connectivity index (χ0n) is 10.7. The minimum absolute atomic E-state index is 0.0728. The second-order valence-corrected chi connectivity index (χ2v) is 5.01. The van der Waals surface area contributed by atoms with Gasteiger partial charge in [0.25, 0.3) is 5.91 Å². The Morgan fingerprint density at radius 1 is 1.47 bits per heavy atom. The number of nitrogens with zero attached hydrogens (tertiary/aromatic N) is 3. The largest absolute Gasteiger partial charge is 0.383 e. The second-order valence-electron chi connectivity index (χ2n) is 4.01. The summed E-state index contributed by atoms with van der Waals surface area (Å²) in [5.41, 5.74) is 6.59. The molecule has 2 rings (SSSR count). The Labute approximate surface area is 113 Å². The predicted molar refractivity (Wildman–Crippen MR) is 72.4 cm³/mol. The molecule has 1 amide bonds. The van der Waals surface area contributed by atoms with Gasteiger partial charge in [0.2, 0.25) is 0 Å². The second kappa shape index (κ2) is 4.81. The van der Waals surface area contributed by atoms with Crippen LogP contribution in [-0.4, -0.2) is 26.5 Å². The van der Waals surface area contributed by atoms with Crippen LogP contribution in [-0.2, 0) is 7.05 Å². The number of aromatic nitrogens is 3. The summed E-state index contributed by atoms with van der Waals surface area (Å²) in [4.78, 5) is 28.0. The third-order valence-corrected chi connectivity index (χ3v) is 3.74. The number of aryl methyl sites for hydroxylation is 2. The molecule has 0 saturated heterocycles. The first-order valence-corrected chi connectivity index (χ1v) is 6.29. The van der Waals surface area contributed by atoms with Crippen molar-refractivity contribution in [3.05, 3.63) is 22.3 Å². The van der Waals surface area contributed by atoms with Crippen molar-refractivity contribution in [2.45, 2.75) is 13.8 Å². The summed E-state index contributed by atoms with van der Waals surface area (Å²) in [6, 6.07) is 0. The van der Waals surface area contributed by atoms with Crippen LogP contribution in [0.25, 0.3) is 0 Å². The van der Waals surface area contributed by atoms with E-state index in [4.69, 9.17) is 5.73 Å². The molecule has 100 valence electrons. The fourth-order valence-corrected chi connectivity index (χ4v) is 2.42. The molecular formula is C11H13N5O2S. The maximum Gasteiger partial charge on any atom is 0.262 e. The number of nitrogen functional groups attached to an aromatic ring is 1. The van der Waals surface area contributed by atoms with Crippen LogP contribution in [0.15, 0.2) is 6.20 Å². The van der Waals surface area contributed by atoms with Gasteiger partial charge in [0, 0.05) is 14.0 Å². The molecule has 0 atom stereocenters. The molecule has 2 aromatic rings. The Bertz CT molecular complexity index is 658. The normalized spacial score (nSPS) is 10.5. The Kier molecular flexibility index (Phi) is 3.34. The Balaban J connectivity index is 2.22. The summed E-state index contributed by atoms with van der Waals surface area (Å²) in [6.45, 7) is 3.19.